The molecule has 3 rings (SSSR count). The Morgan fingerprint density at radius 2 is 2.24 bits per heavy atom. The van der Waals surface area contributed by atoms with Crippen LogP contribution in [0.15, 0.2) is 22.7 Å². The van der Waals surface area contributed by atoms with Crippen LogP contribution in [0.4, 0.5) is 0 Å². The van der Waals surface area contributed by atoms with Crippen LogP contribution in [0.2, 0.25) is 0 Å². The highest BCUT2D eigenvalue weighted by molar-refractivity contribution is 9.10. The molecule has 3 nitrogen and oxygen atoms in total. The zero-order valence-corrected chi connectivity index (χ0v) is 11.2. The molecule has 1 aromatic heterocycles. The fourth-order valence-corrected chi connectivity index (χ4v) is 2.64. The van der Waals surface area contributed by atoms with Crippen LogP contribution in [0.5, 0.6) is 0 Å². The molecule has 2 heterocycles. The van der Waals surface area contributed by atoms with E-state index in [-0.39, 0.29) is 6.10 Å². The van der Waals surface area contributed by atoms with Crippen LogP contribution in [-0.4, -0.2) is 16.6 Å². The molecule has 4 heteroatoms. The first-order valence-electron chi connectivity index (χ1n) is 5.79. The van der Waals surface area contributed by atoms with E-state index in [4.69, 9.17) is 4.74 Å². The summed E-state index contributed by atoms with van der Waals surface area (Å²) in [7, 11) is 0. The molecule has 2 aromatic rings. The highest BCUT2D eigenvalue weighted by atomic mass is 79.9. The second-order valence-electron chi connectivity index (χ2n) is 4.32. The SMILES string of the molecule is Cc1nc(C2CCCO2)c2cc(Br)ccc2n1. The molecule has 0 radical (unpaired) electrons. The summed E-state index contributed by atoms with van der Waals surface area (Å²) in [4.78, 5) is 9.03. The average Bonchev–Trinajstić information content (AvgIpc) is 2.82. The van der Waals surface area contributed by atoms with Crippen LogP contribution in [0.25, 0.3) is 10.9 Å². The van der Waals surface area contributed by atoms with Crippen LogP contribution in [0, 0.1) is 6.92 Å². The molecule has 0 spiro atoms. The Kier molecular flexibility index (Phi) is 2.84. The van der Waals surface area contributed by atoms with Crippen LogP contribution in [0.3, 0.4) is 0 Å². The fourth-order valence-electron chi connectivity index (χ4n) is 2.28. The van der Waals surface area contributed by atoms with Gasteiger partial charge in [-0.05, 0) is 38.0 Å². The summed E-state index contributed by atoms with van der Waals surface area (Å²) in [5.41, 5.74) is 2.03. The van der Waals surface area contributed by atoms with Gasteiger partial charge in [0.25, 0.3) is 0 Å². The Hall–Kier alpha value is -1.00. The molecular weight excluding hydrogens is 280 g/mol. The summed E-state index contributed by atoms with van der Waals surface area (Å²) in [6.07, 6.45) is 2.30. The summed E-state index contributed by atoms with van der Waals surface area (Å²) in [6.45, 7) is 2.77. The molecule has 1 fully saturated rings. The molecule has 1 aliphatic rings. The third-order valence-corrected chi connectivity index (χ3v) is 3.53. The quantitative estimate of drug-likeness (QED) is 0.806. The molecule has 1 saturated heterocycles. The molecule has 0 aliphatic carbocycles. The Morgan fingerprint density at radius 3 is 3.00 bits per heavy atom. The number of nitrogens with zero attached hydrogens (tertiary/aromatic N) is 2. The van der Waals surface area contributed by atoms with Gasteiger partial charge in [-0.1, -0.05) is 15.9 Å². The second kappa shape index (κ2) is 4.35. The van der Waals surface area contributed by atoms with Gasteiger partial charge in [-0.25, -0.2) is 9.97 Å². The number of hydrogen-bond donors (Lipinski definition) is 0. The van der Waals surface area contributed by atoms with E-state index >= 15 is 0 Å². The summed E-state index contributed by atoms with van der Waals surface area (Å²) in [5.74, 6) is 0.810. The van der Waals surface area contributed by atoms with Gasteiger partial charge in [-0.3, -0.25) is 0 Å². The van der Waals surface area contributed by atoms with E-state index in [9.17, 15) is 0 Å². The zero-order valence-electron chi connectivity index (χ0n) is 9.61. The topological polar surface area (TPSA) is 35.0 Å². The Bertz CT molecular complexity index is 565. The Morgan fingerprint density at radius 1 is 1.35 bits per heavy atom. The van der Waals surface area contributed by atoms with Crippen molar-refractivity contribution in [2.24, 2.45) is 0 Å². The van der Waals surface area contributed by atoms with Crippen molar-refractivity contribution in [1.29, 1.82) is 0 Å². The lowest BCUT2D eigenvalue weighted by Crippen LogP contribution is -2.03. The van der Waals surface area contributed by atoms with Crippen molar-refractivity contribution >= 4 is 26.8 Å². The highest BCUT2D eigenvalue weighted by Crippen LogP contribution is 2.32. The van der Waals surface area contributed by atoms with E-state index in [0.29, 0.717) is 0 Å². The van der Waals surface area contributed by atoms with Crippen LogP contribution < -0.4 is 0 Å². The number of fused-ring (bicyclic) bond motifs is 1. The molecule has 1 aromatic carbocycles. The normalized spacial score (nSPS) is 20.0. The van der Waals surface area contributed by atoms with Gasteiger partial charge < -0.3 is 4.74 Å². The van der Waals surface area contributed by atoms with Crippen molar-refractivity contribution in [3.8, 4) is 0 Å². The molecule has 88 valence electrons. The van der Waals surface area contributed by atoms with Gasteiger partial charge in [0.05, 0.1) is 11.2 Å². The standard InChI is InChI=1S/C13H13BrN2O/c1-8-15-11-5-4-9(14)7-10(11)13(16-8)12-3-2-6-17-12/h4-5,7,12H,2-3,6H2,1H3. The lowest BCUT2D eigenvalue weighted by molar-refractivity contribution is 0.109. The van der Waals surface area contributed by atoms with Crippen LogP contribution in [0.1, 0.15) is 30.5 Å². The Balaban J connectivity index is 2.23. The van der Waals surface area contributed by atoms with Gasteiger partial charge >= 0.3 is 0 Å². The molecule has 0 saturated carbocycles. The van der Waals surface area contributed by atoms with Gasteiger partial charge in [0, 0.05) is 16.5 Å². The number of hydrogen-bond acceptors (Lipinski definition) is 3. The number of halogens is 1. The van der Waals surface area contributed by atoms with E-state index in [1.807, 2.05) is 19.1 Å². The van der Waals surface area contributed by atoms with Gasteiger partial charge in [0.2, 0.25) is 0 Å². The lowest BCUT2D eigenvalue weighted by atomic mass is 10.1. The third-order valence-electron chi connectivity index (χ3n) is 3.03. The average molecular weight is 293 g/mol. The summed E-state index contributed by atoms with van der Waals surface area (Å²) < 4.78 is 6.79. The van der Waals surface area contributed by atoms with E-state index in [1.165, 1.54) is 0 Å². The minimum atomic E-state index is 0.133. The third kappa shape index (κ3) is 2.07. The minimum absolute atomic E-state index is 0.133. The Labute approximate surface area is 108 Å². The molecule has 1 atom stereocenters. The molecule has 0 bridgehead atoms. The first-order chi connectivity index (χ1) is 8.24. The first-order valence-corrected chi connectivity index (χ1v) is 6.59. The number of aromatic nitrogens is 2. The molecular formula is C13H13BrN2O. The fraction of sp³-hybridized carbons (Fsp3) is 0.385. The number of ether oxygens (including phenoxy) is 1. The van der Waals surface area contributed by atoms with Crippen molar-refractivity contribution in [1.82, 2.24) is 9.97 Å². The van der Waals surface area contributed by atoms with Crippen molar-refractivity contribution in [2.75, 3.05) is 6.61 Å². The lowest BCUT2D eigenvalue weighted by Gasteiger charge is -2.12. The largest absolute Gasteiger partial charge is 0.372 e. The predicted octanol–water partition coefficient (Wildman–Crippen LogP) is 3.55. The number of rotatable bonds is 1. The molecule has 17 heavy (non-hydrogen) atoms. The van der Waals surface area contributed by atoms with E-state index in [2.05, 4.69) is 32.0 Å². The molecule has 0 N–H and O–H groups in total. The number of benzene rings is 1. The van der Waals surface area contributed by atoms with E-state index in [1.54, 1.807) is 0 Å². The minimum Gasteiger partial charge on any atom is -0.372 e. The van der Waals surface area contributed by atoms with Crippen molar-refractivity contribution in [3.63, 3.8) is 0 Å². The van der Waals surface area contributed by atoms with Crippen molar-refractivity contribution in [3.05, 3.63) is 34.2 Å². The monoisotopic (exact) mass is 292 g/mol. The van der Waals surface area contributed by atoms with Crippen molar-refractivity contribution < 1.29 is 4.74 Å². The van der Waals surface area contributed by atoms with Gasteiger partial charge in [-0.15, -0.1) is 0 Å². The second-order valence-corrected chi connectivity index (χ2v) is 5.23. The molecule has 1 unspecified atom stereocenters. The predicted molar refractivity (Wildman–Crippen MR) is 69.9 cm³/mol. The molecule has 0 amide bonds. The summed E-state index contributed by atoms with van der Waals surface area (Å²) in [5, 5.41) is 1.09. The van der Waals surface area contributed by atoms with Crippen LogP contribution >= 0.6 is 15.9 Å². The maximum atomic E-state index is 5.74. The maximum absolute atomic E-state index is 5.74. The summed E-state index contributed by atoms with van der Waals surface area (Å²) >= 11 is 3.50. The maximum Gasteiger partial charge on any atom is 0.126 e. The van der Waals surface area contributed by atoms with Gasteiger partial charge in [-0.2, -0.15) is 0 Å². The van der Waals surface area contributed by atoms with Gasteiger partial charge in [0.1, 0.15) is 11.9 Å². The zero-order chi connectivity index (χ0) is 11.8. The smallest absolute Gasteiger partial charge is 0.126 e. The highest BCUT2D eigenvalue weighted by Gasteiger charge is 2.22. The van der Waals surface area contributed by atoms with E-state index < -0.39 is 0 Å². The number of aryl methyl sites for hydroxylation is 1. The first kappa shape index (κ1) is 11.1. The molecule has 1 aliphatic heterocycles. The van der Waals surface area contributed by atoms with E-state index in [0.717, 1.165) is 46.3 Å². The van der Waals surface area contributed by atoms with Crippen molar-refractivity contribution in [2.45, 2.75) is 25.9 Å². The van der Waals surface area contributed by atoms with Gasteiger partial charge in [0.15, 0.2) is 0 Å². The van der Waals surface area contributed by atoms with Crippen LogP contribution in [-0.2, 0) is 4.74 Å². The summed E-state index contributed by atoms with van der Waals surface area (Å²) in [6, 6.07) is 6.10.